The van der Waals surface area contributed by atoms with Gasteiger partial charge in [0, 0.05) is 13.2 Å². The Kier molecular flexibility index (Phi) is 5.64. The Balaban J connectivity index is 1.62. The number of hydrogen-bond acceptors (Lipinski definition) is 3. The van der Waals surface area contributed by atoms with Gasteiger partial charge in [0.1, 0.15) is 0 Å². The molecule has 1 aromatic rings. The summed E-state index contributed by atoms with van der Waals surface area (Å²) in [5.41, 5.74) is 0.533. The van der Waals surface area contributed by atoms with Gasteiger partial charge in [-0.05, 0) is 30.9 Å². The minimum absolute atomic E-state index is 0.140. The number of ether oxygens (including phenoxy) is 1. The second-order valence-corrected chi connectivity index (χ2v) is 5.36. The van der Waals surface area contributed by atoms with Crippen molar-refractivity contribution in [2.75, 3.05) is 25.1 Å². The summed E-state index contributed by atoms with van der Waals surface area (Å²) in [6.07, 6.45) is 1.73. The zero-order valence-corrected chi connectivity index (χ0v) is 11.9. The number of nitrogens with one attached hydrogen (secondary N) is 2. The van der Waals surface area contributed by atoms with E-state index in [0.29, 0.717) is 23.2 Å². The standard InChI is InChI=1S/C14H19ClN2O3/c15-12-3-1-2-4-13(12)17-14(19)16-7-11(18)9-20-8-10-5-6-10/h1-4,10-11,18H,5-9H2,(H2,16,17,19)/t11-/m0/s1. The molecule has 6 heteroatoms. The molecule has 5 nitrogen and oxygen atoms in total. The monoisotopic (exact) mass is 298 g/mol. The van der Waals surface area contributed by atoms with Gasteiger partial charge in [-0.2, -0.15) is 0 Å². The van der Waals surface area contributed by atoms with E-state index >= 15 is 0 Å². The van der Waals surface area contributed by atoms with Crippen LogP contribution in [0.2, 0.25) is 5.02 Å². The van der Waals surface area contributed by atoms with E-state index < -0.39 is 12.1 Å². The topological polar surface area (TPSA) is 70.6 Å². The molecule has 110 valence electrons. The van der Waals surface area contributed by atoms with Crippen LogP contribution in [0, 0.1) is 5.92 Å². The van der Waals surface area contributed by atoms with Crippen LogP contribution in [0.4, 0.5) is 10.5 Å². The molecule has 0 bridgehead atoms. The van der Waals surface area contributed by atoms with Gasteiger partial charge >= 0.3 is 6.03 Å². The van der Waals surface area contributed by atoms with E-state index in [4.69, 9.17) is 16.3 Å². The first-order chi connectivity index (χ1) is 9.65. The number of carbonyl (C=O) groups excluding carboxylic acids is 1. The van der Waals surface area contributed by atoms with Gasteiger partial charge in [0.15, 0.2) is 0 Å². The Morgan fingerprint density at radius 2 is 2.20 bits per heavy atom. The number of urea groups is 1. The van der Waals surface area contributed by atoms with Crippen LogP contribution in [0.5, 0.6) is 0 Å². The number of amides is 2. The van der Waals surface area contributed by atoms with Crippen LogP contribution in [0.1, 0.15) is 12.8 Å². The quantitative estimate of drug-likeness (QED) is 0.723. The molecule has 0 unspecified atom stereocenters. The second-order valence-electron chi connectivity index (χ2n) is 4.95. The first kappa shape index (κ1) is 15.1. The molecule has 0 spiro atoms. The first-order valence-corrected chi connectivity index (χ1v) is 7.08. The zero-order chi connectivity index (χ0) is 14.4. The number of para-hydroxylation sites is 1. The summed E-state index contributed by atoms with van der Waals surface area (Å²) in [4.78, 5) is 11.6. The number of rotatable bonds is 7. The van der Waals surface area contributed by atoms with E-state index in [2.05, 4.69) is 10.6 Å². The van der Waals surface area contributed by atoms with Gasteiger partial charge in [0.25, 0.3) is 0 Å². The van der Waals surface area contributed by atoms with Crippen molar-refractivity contribution in [2.24, 2.45) is 5.92 Å². The van der Waals surface area contributed by atoms with Gasteiger partial charge in [-0.15, -0.1) is 0 Å². The minimum atomic E-state index is -0.703. The Morgan fingerprint density at radius 1 is 1.45 bits per heavy atom. The summed E-state index contributed by atoms with van der Waals surface area (Å²) in [7, 11) is 0. The third-order valence-corrected chi connectivity index (χ3v) is 3.31. The molecule has 0 radical (unpaired) electrons. The van der Waals surface area contributed by atoms with E-state index in [1.54, 1.807) is 24.3 Å². The minimum Gasteiger partial charge on any atom is -0.389 e. The Hall–Kier alpha value is -1.30. The normalized spacial score (nSPS) is 15.7. The van der Waals surface area contributed by atoms with Crippen molar-refractivity contribution in [2.45, 2.75) is 18.9 Å². The van der Waals surface area contributed by atoms with E-state index in [1.807, 2.05) is 0 Å². The van der Waals surface area contributed by atoms with Crippen LogP contribution in [0.15, 0.2) is 24.3 Å². The van der Waals surface area contributed by atoms with Crippen LogP contribution in [0.3, 0.4) is 0 Å². The first-order valence-electron chi connectivity index (χ1n) is 6.70. The maximum atomic E-state index is 11.6. The molecule has 0 aliphatic heterocycles. The lowest BCUT2D eigenvalue weighted by atomic mass is 10.3. The lowest BCUT2D eigenvalue weighted by Crippen LogP contribution is -2.37. The van der Waals surface area contributed by atoms with Crippen molar-refractivity contribution in [3.63, 3.8) is 0 Å². The molecule has 20 heavy (non-hydrogen) atoms. The summed E-state index contributed by atoms with van der Waals surface area (Å²) >= 11 is 5.92. The van der Waals surface area contributed by atoms with E-state index in [0.717, 1.165) is 0 Å². The summed E-state index contributed by atoms with van der Waals surface area (Å²) in [6.45, 7) is 1.08. The predicted molar refractivity (Wildman–Crippen MR) is 78.0 cm³/mol. The highest BCUT2D eigenvalue weighted by Gasteiger charge is 2.21. The lowest BCUT2D eigenvalue weighted by molar-refractivity contribution is 0.0339. The molecule has 2 rings (SSSR count). The van der Waals surface area contributed by atoms with Gasteiger partial charge in [0.05, 0.1) is 23.4 Å². The summed E-state index contributed by atoms with van der Waals surface area (Å²) in [5.74, 6) is 0.665. The van der Waals surface area contributed by atoms with Gasteiger partial charge < -0.3 is 20.5 Å². The number of anilines is 1. The Bertz CT molecular complexity index is 452. The summed E-state index contributed by atoms with van der Waals surface area (Å²) in [5, 5.41) is 15.3. The predicted octanol–water partition coefficient (Wildman–Crippen LogP) is 2.25. The number of halogens is 1. The van der Waals surface area contributed by atoms with E-state index in [-0.39, 0.29) is 13.2 Å². The van der Waals surface area contributed by atoms with E-state index in [1.165, 1.54) is 12.8 Å². The maximum absolute atomic E-state index is 11.6. The highest BCUT2D eigenvalue weighted by Crippen LogP contribution is 2.28. The fraction of sp³-hybridized carbons (Fsp3) is 0.500. The zero-order valence-electron chi connectivity index (χ0n) is 11.1. The summed E-state index contributed by atoms with van der Waals surface area (Å²) < 4.78 is 5.35. The van der Waals surface area contributed by atoms with Crippen molar-refractivity contribution in [3.8, 4) is 0 Å². The van der Waals surface area contributed by atoms with Crippen molar-refractivity contribution in [3.05, 3.63) is 29.3 Å². The van der Waals surface area contributed by atoms with Crippen LogP contribution in [-0.2, 0) is 4.74 Å². The lowest BCUT2D eigenvalue weighted by Gasteiger charge is -2.13. The third-order valence-electron chi connectivity index (χ3n) is 2.98. The van der Waals surface area contributed by atoms with Crippen molar-refractivity contribution in [1.82, 2.24) is 5.32 Å². The van der Waals surface area contributed by atoms with Gasteiger partial charge in [-0.1, -0.05) is 23.7 Å². The highest BCUT2D eigenvalue weighted by molar-refractivity contribution is 6.33. The second kappa shape index (κ2) is 7.47. The third kappa shape index (κ3) is 5.36. The molecule has 1 aliphatic rings. The fourth-order valence-electron chi connectivity index (χ4n) is 1.65. The van der Waals surface area contributed by atoms with Crippen molar-refractivity contribution >= 4 is 23.3 Å². The van der Waals surface area contributed by atoms with Crippen LogP contribution in [0.25, 0.3) is 0 Å². The molecule has 0 heterocycles. The molecule has 1 atom stereocenters. The van der Waals surface area contributed by atoms with E-state index in [9.17, 15) is 9.90 Å². The molecule has 2 amide bonds. The molecular formula is C14H19ClN2O3. The average Bonchev–Trinajstić information content (AvgIpc) is 3.23. The molecule has 0 saturated heterocycles. The number of aliphatic hydroxyl groups is 1. The number of aliphatic hydroxyl groups excluding tert-OH is 1. The molecule has 3 N–H and O–H groups in total. The van der Waals surface area contributed by atoms with Crippen molar-refractivity contribution in [1.29, 1.82) is 0 Å². The molecule has 1 fully saturated rings. The van der Waals surface area contributed by atoms with Crippen LogP contribution < -0.4 is 10.6 Å². The molecule has 1 aliphatic carbocycles. The summed E-state index contributed by atoms with van der Waals surface area (Å²) in [6, 6.07) is 6.56. The van der Waals surface area contributed by atoms with Gasteiger partial charge in [-0.25, -0.2) is 4.79 Å². The fourth-order valence-corrected chi connectivity index (χ4v) is 1.84. The Morgan fingerprint density at radius 3 is 2.90 bits per heavy atom. The molecule has 0 aromatic heterocycles. The van der Waals surface area contributed by atoms with Crippen molar-refractivity contribution < 1.29 is 14.6 Å². The highest BCUT2D eigenvalue weighted by atomic mass is 35.5. The molecular weight excluding hydrogens is 280 g/mol. The smallest absolute Gasteiger partial charge is 0.319 e. The maximum Gasteiger partial charge on any atom is 0.319 e. The number of benzene rings is 1. The number of carbonyl (C=O) groups is 1. The molecule has 1 saturated carbocycles. The van der Waals surface area contributed by atoms with Gasteiger partial charge in [0.2, 0.25) is 0 Å². The average molecular weight is 299 g/mol. The largest absolute Gasteiger partial charge is 0.389 e. The number of hydrogen-bond donors (Lipinski definition) is 3. The SMILES string of the molecule is O=C(NC[C@H](O)COCC1CC1)Nc1ccccc1Cl. The Labute approximate surface area is 123 Å². The molecule has 1 aromatic carbocycles. The van der Waals surface area contributed by atoms with Crippen LogP contribution in [-0.4, -0.2) is 37.0 Å². The van der Waals surface area contributed by atoms with Crippen LogP contribution >= 0.6 is 11.6 Å². The van der Waals surface area contributed by atoms with Gasteiger partial charge in [-0.3, -0.25) is 0 Å².